The second kappa shape index (κ2) is 3.49. The van der Waals surface area contributed by atoms with Crippen LogP contribution in [0.5, 0.6) is 0 Å². The van der Waals surface area contributed by atoms with Crippen molar-refractivity contribution in [3.63, 3.8) is 0 Å². The molecule has 0 aliphatic carbocycles. The van der Waals surface area contributed by atoms with Crippen LogP contribution in [0, 0.1) is 6.92 Å². The monoisotopic (exact) mass is 208 g/mol. The summed E-state index contributed by atoms with van der Waals surface area (Å²) in [5.41, 5.74) is 4.59. The number of aryl methyl sites for hydroxylation is 1. The van der Waals surface area contributed by atoms with Gasteiger partial charge in [0, 0.05) is 23.3 Å². The summed E-state index contributed by atoms with van der Waals surface area (Å²) in [5.74, 6) is 0. The molecular weight excluding hydrogens is 196 g/mol. The second-order valence-corrected chi connectivity index (χ2v) is 4.01. The van der Waals surface area contributed by atoms with Gasteiger partial charge in [-0.15, -0.1) is 0 Å². The molecule has 2 nitrogen and oxygen atoms in total. The molecule has 3 aromatic rings. The maximum absolute atomic E-state index is 4.38. The molecule has 0 aliphatic rings. The summed E-state index contributed by atoms with van der Waals surface area (Å²) in [6, 6.07) is 12.7. The zero-order chi connectivity index (χ0) is 11.0. The van der Waals surface area contributed by atoms with Gasteiger partial charge in [-0.05, 0) is 24.6 Å². The summed E-state index contributed by atoms with van der Waals surface area (Å²) in [4.78, 5) is 7.48. The Morgan fingerprint density at radius 1 is 1.00 bits per heavy atom. The molecule has 1 aromatic carbocycles. The zero-order valence-electron chi connectivity index (χ0n) is 9.07. The van der Waals surface area contributed by atoms with Gasteiger partial charge in [0.2, 0.25) is 0 Å². The first-order valence-corrected chi connectivity index (χ1v) is 5.33. The summed E-state index contributed by atoms with van der Waals surface area (Å²) < 4.78 is 0. The van der Waals surface area contributed by atoms with Crippen molar-refractivity contribution < 1.29 is 0 Å². The summed E-state index contributed by atoms with van der Waals surface area (Å²) in [6.07, 6.45) is 3.82. The highest BCUT2D eigenvalue weighted by molar-refractivity contribution is 5.81. The van der Waals surface area contributed by atoms with Crippen molar-refractivity contribution in [2.24, 2.45) is 0 Å². The van der Waals surface area contributed by atoms with E-state index >= 15 is 0 Å². The van der Waals surface area contributed by atoms with E-state index in [2.05, 4.69) is 47.2 Å². The predicted molar refractivity (Wildman–Crippen MR) is 66.3 cm³/mol. The fourth-order valence-electron chi connectivity index (χ4n) is 1.84. The van der Waals surface area contributed by atoms with Gasteiger partial charge in [0.25, 0.3) is 0 Å². The Balaban J connectivity index is 2.14. The van der Waals surface area contributed by atoms with Crippen molar-refractivity contribution >= 4 is 11.0 Å². The van der Waals surface area contributed by atoms with E-state index in [1.807, 2.05) is 18.5 Å². The number of rotatable bonds is 1. The van der Waals surface area contributed by atoms with E-state index in [0.717, 1.165) is 16.6 Å². The maximum atomic E-state index is 4.38. The van der Waals surface area contributed by atoms with E-state index in [-0.39, 0.29) is 0 Å². The molecule has 1 N–H and O–H groups in total. The SMILES string of the molecule is Cc1ccc(-c2cnc3[nH]ccc3c2)cc1. The Kier molecular flexibility index (Phi) is 2.00. The van der Waals surface area contributed by atoms with Crippen LogP contribution < -0.4 is 0 Å². The maximum Gasteiger partial charge on any atom is 0.137 e. The van der Waals surface area contributed by atoms with Crippen molar-refractivity contribution in [1.82, 2.24) is 9.97 Å². The minimum atomic E-state index is 0.941. The quantitative estimate of drug-likeness (QED) is 0.651. The van der Waals surface area contributed by atoms with Gasteiger partial charge in [0.1, 0.15) is 5.65 Å². The molecule has 0 spiro atoms. The molecule has 2 aromatic heterocycles. The van der Waals surface area contributed by atoms with Crippen LogP contribution in [0.25, 0.3) is 22.2 Å². The lowest BCUT2D eigenvalue weighted by molar-refractivity contribution is 1.32. The van der Waals surface area contributed by atoms with E-state index in [9.17, 15) is 0 Å². The standard InChI is InChI=1S/C14H12N2/c1-10-2-4-11(5-3-10)13-8-12-6-7-15-14(12)16-9-13/h2-9H,1H3,(H,15,16). The highest BCUT2D eigenvalue weighted by Gasteiger charge is 2.00. The molecule has 0 saturated carbocycles. The lowest BCUT2D eigenvalue weighted by Crippen LogP contribution is -1.81. The average molecular weight is 208 g/mol. The van der Waals surface area contributed by atoms with Gasteiger partial charge in [0.05, 0.1) is 0 Å². The summed E-state index contributed by atoms with van der Waals surface area (Å²) in [7, 11) is 0. The number of nitrogens with one attached hydrogen (secondary N) is 1. The smallest absolute Gasteiger partial charge is 0.137 e. The fraction of sp³-hybridized carbons (Fsp3) is 0.0714. The number of hydrogen-bond acceptors (Lipinski definition) is 1. The molecule has 2 heteroatoms. The normalized spacial score (nSPS) is 10.8. The second-order valence-electron chi connectivity index (χ2n) is 4.01. The van der Waals surface area contributed by atoms with E-state index < -0.39 is 0 Å². The number of aromatic nitrogens is 2. The highest BCUT2D eigenvalue weighted by Crippen LogP contribution is 2.22. The van der Waals surface area contributed by atoms with Crippen LogP contribution in [0.15, 0.2) is 48.8 Å². The minimum Gasteiger partial charge on any atom is -0.346 e. The molecule has 0 saturated heterocycles. The molecule has 0 aliphatic heterocycles. The van der Waals surface area contributed by atoms with Crippen molar-refractivity contribution in [2.45, 2.75) is 6.92 Å². The third-order valence-electron chi connectivity index (χ3n) is 2.79. The molecule has 0 fully saturated rings. The number of fused-ring (bicyclic) bond motifs is 1. The highest BCUT2D eigenvalue weighted by atomic mass is 14.8. The third-order valence-corrected chi connectivity index (χ3v) is 2.79. The van der Waals surface area contributed by atoms with E-state index in [0.29, 0.717) is 0 Å². The Labute approximate surface area is 94.0 Å². The zero-order valence-corrected chi connectivity index (χ0v) is 9.07. The fourth-order valence-corrected chi connectivity index (χ4v) is 1.84. The van der Waals surface area contributed by atoms with Gasteiger partial charge >= 0.3 is 0 Å². The van der Waals surface area contributed by atoms with Crippen molar-refractivity contribution in [2.75, 3.05) is 0 Å². The number of pyridine rings is 1. The Morgan fingerprint density at radius 2 is 1.81 bits per heavy atom. The molecule has 0 atom stereocenters. The van der Waals surface area contributed by atoms with E-state index in [1.165, 1.54) is 11.1 Å². The molecular formula is C14H12N2. The van der Waals surface area contributed by atoms with Crippen LogP contribution in [0.2, 0.25) is 0 Å². The summed E-state index contributed by atoms with van der Waals surface area (Å²) >= 11 is 0. The first-order chi connectivity index (χ1) is 7.83. The lowest BCUT2D eigenvalue weighted by Gasteiger charge is -2.01. The number of aromatic amines is 1. The molecule has 0 bridgehead atoms. The van der Waals surface area contributed by atoms with Gasteiger partial charge in [0.15, 0.2) is 0 Å². The third kappa shape index (κ3) is 1.48. The lowest BCUT2D eigenvalue weighted by atomic mass is 10.1. The van der Waals surface area contributed by atoms with Crippen LogP contribution in [0.4, 0.5) is 0 Å². The van der Waals surface area contributed by atoms with Crippen LogP contribution >= 0.6 is 0 Å². The molecule has 0 unspecified atom stereocenters. The van der Waals surface area contributed by atoms with Crippen LogP contribution in [0.3, 0.4) is 0 Å². The van der Waals surface area contributed by atoms with Gasteiger partial charge in [-0.3, -0.25) is 0 Å². The number of H-pyrrole nitrogens is 1. The summed E-state index contributed by atoms with van der Waals surface area (Å²) in [5, 5.41) is 1.15. The van der Waals surface area contributed by atoms with Crippen molar-refractivity contribution in [1.29, 1.82) is 0 Å². The van der Waals surface area contributed by atoms with Crippen LogP contribution in [0.1, 0.15) is 5.56 Å². The molecule has 0 amide bonds. The Hall–Kier alpha value is -2.09. The first kappa shape index (κ1) is 9.16. The first-order valence-electron chi connectivity index (χ1n) is 5.33. The van der Waals surface area contributed by atoms with Gasteiger partial charge < -0.3 is 4.98 Å². The van der Waals surface area contributed by atoms with Crippen LogP contribution in [-0.4, -0.2) is 9.97 Å². The summed E-state index contributed by atoms with van der Waals surface area (Å²) in [6.45, 7) is 2.09. The molecule has 78 valence electrons. The van der Waals surface area contributed by atoms with Crippen molar-refractivity contribution in [3.05, 3.63) is 54.4 Å². The van der Waals surface area contributed by atoms with E-state index in [1.54, 1.807) is 0 Å². The number of hydrogen-bond donors (Lipinski definition) is 1. The largest absolute Gasteiger partial charge is 0.346 e. The predicted octanol–water partition coefficient (Wildman–Crippen LogP) is 3.54. The van der Waals surface area contributed by atoms with Gasteiger partial charge in [-0.2, -0.15) is 0 Å². The molecule has 0 radical (unpaired) electrons. The van der Waals surface area contributed by atoms with E-state index in [4.69, 9.17) is 0 Å². The minimum absolute atomic E-state index is 0.941. The Morgan fingerprint density at radius 3 is 2.62 bits per heavy atom. The molecule has 3 rings (SSSR count). The molecule has 2 heterocycles. The topological polar surface area (TPSA) is 28.7 Å². The Bertz CT molecular complexity index is 621. The number of benzene rings is 1. The van der Waals surface area contributed by atoms with Gasteiger partial charge in [-0.25, -0.2) is 4.98 Å². The van der Waals surface area contributed by atoms with Crippen molar-refractivity contribution in [3.8, 4) is 11.1 Å². The average Bonchev–Trinajstić information content (AvgIpc) is 2.77. The molecule has 16 heavy (non-hydrogen) atoms. The number of nitrogens with zero attached hydrogens (tertiary/aromatic N) is 1. The van der Waals surface area contributed by atoms with Crippen LogP contribution in [-0.2, 0) is 0 Å². The van der Waals surface area contributed by atoms with Gasteiger partial charge in [-0.1, -0.05) is 29.8 Å².